The first-order valence-electron chi connectivity index (χ1n) is 10.9. The van der Waals surface area contributed by atoms with Gasteiger partial charge in [-0.1, -0.05) is 25.0 Å². The molecule has 9 heteroatoms. The third kappa shape index (κ3) is 4.71. The van der Waals surface area contributed by atoms with Crippen LogP contribution < -0.4 is 10.6 Å². The van der Waals surface area contributed by atoms with Gasteiger partial charge in [0, 0.05) is 29.2 Å². The average molecular weight is 438 g/mol. The van der Waals surface area contributed by atoms with Crippen molar-refractivity contribution in [3.05, 3.63) is 41.2 Å². The van der Waals surface area contributed by atoms with Crippen molar-refractivity contribution in [3.63, 3.8) is 0 Å². The highest BCUT2D eigenvalue weighted by Crippen LogP contribution is 2.23. The maximum atomic E-state index is 12.2. The topological polar surface area (TPSA) is 115 Å². The lowest BCUT2D eigenvalue weighted by Gasteiger charge is -2.12. The first-order valence-corrected chi connectivity index (χ1v) is 10.9. The summed E-state index contributed by atoms with van der Waals surface area (Å²) in [5.74, 6) is -1.16. The van der Waals surface area contributed by atoms with Crippen molar-refractivity contribution in [3.8, 4) is 0 Å². The van der Waals surface area contributed by atoms with Gasteiger partial charge in [0.1, 0.15) is 0 Å². The first kappa shape index (κ1) is 21.7. The van der Waals surface area contributed by atoms with Crippen LogP contribution >= 0.6 is 0 Å². The van der Waals surface area contributed by atoms with Gasteiger partial charge in [-0.05, 0) is 50.8 Å². The van der Waals surface area contributed by atoms with E-state index >= 15 is 0 Å². The Bertz CT molecular complexity index is 1180. The van der Waals surface area contributed by atoms with Gasteiger partial charge in [-0.3, -0.25) is 14.9 Å². The number of urea groups is 1. The van der Waals surface area contributed by atoms with E-state index in [4.69, 9.17) is 9.72 Å². The van der Waals surface area contributed by atoms with Crippen LogP contribution in [0.5, 0.6) is 0 Å². The standard InChI is InChI=1S/C23H27N5O4/c1-14-17(15(2)28-22(24-14)18-9-5-6-10-19(18)27-28)11-12-21(30)32-13-20(29)26-23(31)25-16-7-3-4-8-16/h5-6,9-10,16H,3-4,7-8,11-13H2,1-2H3,(H2,25,26,29,31). The van der Waals surface area contributed by atoms with Crippen molar-refractivity contribution in [1.82, 2.24) is 25.2 Å². The molecule has 32 heavy (non-hydrogen) atoms. The summed E-state index contributed by atoms with van der Waals surface area (Å²) in [6.07, 6.45) is 4.51. The number of hydrogen-bond acceptors (Lipinski definition) is 6. The van der Waals surface area contributed by atoms with Gasteiger partial charge >= 0.3 is 12.0 Å². The second-order valence-corrected chi connectivity index (χ2v) is 8.18. The summed E-state index contributed by atoms with van der Waals surface area (Å²) in [6, 6.07) is 7.37. The molecule has 1 aliphatic carbocycles. The number of nitrogens with one attached hydrogen (secondary N) is 2. The number of nitrogens with zero attached hydrogens (tertiary/aromatic N) is 3. The van der Waals surface area contributed by atoms with Crippen molar-refractivity contribution >= 4 is 34.5 Å². The zero-order valence-electron chi connectivity index (χ0n) is 18.3. The molecular weight excluding hydrogens is 410 g/mol. The molecule has 2 N–H and O–H groups in total. The lowest BCUT2D eigenvalue weighted by Crippen LogP contribution is -2.45. The van der Waals surface area contributed by atoms with Crippen LogP contribution in [0.2, 0.25) is 0 Å². The number of ether oxygens (including phenoxy) is 1. The number of aromatic nitrogens is 3. The van der Waals surface area contributed by atoms with Gasteiger partial charge < -0.3 is 10.1 Å². The number of rotatable bonds is 6. The molecule has 1 saturated carbocycles. The lowest BCUT2D eigenvalue weighted by atomic mass is 10.1. The maximum Gasteiger partial charge on any atom is 0.321 e. The molecule has 168 valence electrons. The van der Waals surface area contributed by atoms with Crippen LogP contribution in [0.1, 0.15) is 49.1 Å². The minimum atomic E-state index is -0.646. The van der Waals surface area contributed by atoms with Crippen molar-refractivity contribution < 1.29 is 19.1 Å². The van der Waals surface area contributed by atoms with Crippen molar-refractivity contribution in [2.75, 3.05) is 6.61 Å². The molecule has 3 amide bonds. The summed E-state index contributed by atoms with van der Waals surface area (Å²) in [7, 11) is 0. The molecule has 4 rings (SSSR count). The van der Waals surface area contributed by atoms with E-state index in [-0.39, 0.29) is 12.5 Å². The number of benzene rings is 1. The zero-order valence-corrected chi connectivity index (χ0v) is 18.3. The molecule has 0 bridgehead atoms. The van der Waals surface area contributed by atoms with Gasteiger partial charge in [0.05, 0.1) is 5.52 Å². The fourth-order valence-corrected chi connectivity index (χ4v) is 4.24. The Morgan fingerprint density at radius 1 is 1.16 bits per heavy atom. The summed E-state index contributed by atoms with van der Waals surface area (Å²) in [5.41, 5.74) is 4.31. The Hall–Kier alpha value is -3.49. The molecule has 1 fully saturated rings. The Kier molecular flexibility index (Phi) is 6.34. The molecule has 3 aromatic rings. The van der Waals surface area contributed by atoms with Crippen molar-refractivity contribution in [1.29, 1.82) is 0 Å². The molecule has 0 spiro atoms. The first-order chi connectivity index (χ1) is 15.4. The minimum Gasteiger partial charge on any atom is -0.456 e. The highest BCUT2D eigenvalue weighted by atomic mass is 16.5. The Morgan fingerprint density at radius 3 is 2.69 bits per heavy atom. The lowest BCUT2D eigenvalue weighted by molar-refractivity contribution is -0.148. The van der Waals surface area contributed by atoms with Gasteiger partial charge in [0.25, 0.3) is 5.91 Å². The fourth-order valence-electron chi connectivity index (χ4n) is 4.24. The molecule has 2 heterocycles. The molecule has 0 aliphatic heterocycles. The van der Waals surface area contributed by atoms with Crippen LogP contribution in [0.4, 0.5) is 4.79 Å². The predicted molar refractivity (Wildman–Crippen MR) is 118 cm³/mol. The number of hydrogen-bond donors (Lipinski definition) is 2. The van der Waals surface area contributed by atoms with Crippen molar-refractivity contribution in [2.24, 2.45) is 0 Å². The number of fused-ring (bicyclic) bond motifs is 3. The third-order valence-corrected chi connectivity index (χ3v) is 5.90. The van der Waals surface area contributed by atoms with E-state index in [1.165, 1.54) is 0 Å². The summed E-state index contributed by atoms with van der Waals surface area (Å²) in [4.78, 5) is 40.5. The van der Waals surface area contributed by atoms with Gasteiger partial charge in [-0.2, -0.15) is 5.10 Å². The van der Waals surface area contributed by atoms with E-state index in [1.807, 2.05) is 38.1 Å². The molecule has 0 atom stereocenters. The van der Waals surface area contributed by atoms with Crippen LogP contribution in [0.15, 0.2) is 24.3 Å². The summed E-state index contributed by atoms with van der Waals surface area (Å²) >= 11 is 0. The number of carbonyl (C=O) groups is 3. The third-order valence-electron chi connectivity index (χ3n) is 5.90. The minimum absolute atomic E-state index is 0.0944. The van der Waals surface area contributed by atoms with Crippen LogP contribution in [0.3, 0.4) is 0 Å². The summed E-state index contributed by atoms with van der Waals surface area (Å²) in [6.45, 7) is 3.37. The van der Waals surface area contributed by atoms with Gasteiger partial charge in [0.15, 0.2) is 12.3 Å². The number of esters is 1. The molecule has 1 aromatic carbocycles. The van der Waals surface area contributed by atoms with E-state index in [1.54, 1.807) is 4.52 Å². The Labute approximate surface area is 185 Å². The van der Waals surface area contributed by atoms with E-state index in [2.05, 4.69) is 15.7 Å². The molecule has 0 radical (unpaired) electrons. The monoisotopic (exact) mass is 437 g/mol. The highest BCUT2D eigenvalue weighted by Gasteiger charge is 2.19. The molecule has 9 nitrogen and oxygen atoms in total. The largest absolute Gasteiger partial charge is 0.456 e. The molecule has 2 aromatic heterocycles. The molecular formula is C23H27N5O4. The average Bonchev–Trinajstić information content (AvgIpc) is 3.40. The quantitative estimate of drug-likeness (QED) is 0.573. The summed E-state index contributed by atoms with van der Waals surface area (Å²) in [5, 5.41) is 10.5. The Morgan fingerprint density at radius 2 is 1.91 bits per heavy atom. The highest BCUT2D eigenvalue weighted by molar-refractivity contribution is 5.95. The number of aryl methyl sites for hydroxylation is 2. The number of imide groups is 1. The van der Waals surface area contributed by atoms with E-state index in [0.29, 0.717) is 6.42 Å². The second-order valence-electron chi connectivity index (χ2n) is 8.18. The smallest absolute Gasteiger partial charge is 0.321 e. The Balaban J connectivity index is 1.31. The van der Waals surface area contributed by atoms with Gasteiger partial charge in [0.2, 0.25) is 0 Å². The van der Waals surface area contributed by atoms with E-state index < -0.39 is 24.5 Å². The van der Waals surface area contributed by atoms with E-state index in [9.17, 15) is 14.4 Å². The zero-order chi connectivity index (χ0) is 22.7. The van der Waals surface area contributed by atoms with Crippen molar-refractivity contribution in [2.45, 2.75) is 58.4 Å². The molecule has 1 aliphatic rings. The normalized spacial score (nSPS) is 14.1. The number of amides is 3. The second kappa shape index (κ2) is 9.33. The van der Waals surface area contributed by atoms with Crippen LogP contribution in [-0.2, 0) is 20.7 Å². The van der Waals surface area contributed by atoms with E-state index in [0.717, 1.165) is 59.2 Å². The number of carbonyl (C=O) groups excluding carboxylic acids is 3. The molecule has 0 saturated heterocycles. The van der Waals surface area contributed by atoms with Gasteiger partial charge in [-0.25, -0.2) is 14.3 Å². The summed E-state index contributed by atoms with van der Waals surface area (Å²) < 4.78 is 6.84. The fraction of sp³-hybridized carbons (Fsp3) is 0.435. The molecule has 0 unspecified atom stereocenters. The predicted octanol–water partition coefficient (Wildman–Crippen LogP) is 2.74. The van der Waals surface area contributed by atoms with Crippen LogP contribution in [0.25, 0.3) is 16.6 Å². The van der Waals surface area contributed by atoms with Gasteiger partial charge in [-0.15, -0.1) is 0 Å². The maximum absolute atomic E-state index is 12.2. The SMILES string of the molecule is Cc1nc2c3ccccc3nn2c(C)c1CCC(=O)OCC(=O)NC(=O)NC1CCCC1. The van der Waals surface area contributed by atoms with Crippen LogP contribution in [0, 0.1) is 13.8 Å². The van der Waals surface area contributed by atoms with Crippen LogP contribution in [-0.4, -0.2) is 45.2 Å².